The van der Waals surface area contributed by atoms with Crippen LogP contribution in [0.5, 0.6) is 0 Å². The number of amides is 1. The number of aromatic nitrogens is 1. The van der Waals surface area contributed by atoms with Gasteiger partial charge in [-0.25, -0.2) is 0 Å². The third kappa shape index (κ3) is 5.18. The predicted molar refractivity (Wildman–Crippen MR) is 104 cm³/mol. The van der Waals surface area contributed by atoms with Gasteiger partial charge in [-0.15, -0.1) is 0 Å². The minimum absolute atomic E-state index is 0.147. The molecular formula is C21H23N3O3. The van der Waals surface area contributed by atoms with Gasteiger partial charge in [0, 0.05) is 23.6 Å². The van der Waals surface area contributed by atoms with Crippen molar-refractivity contribution in [3.05, 3.63) is 71.9 Å². The van der Waals surface area contributed by atoms with Crippen molar-refractivity contribution in [2.75, 3.05) is 6.54 Å². The minimum Gasteiger partial charge on any atom is -0.461 e. The van der Waals surface area contributed by atoms with Crippen molar-refractivity contribution in [3.63, 3.8) is 0 Å². The van der Waals surface area contributed by atoms with Gasteiger partial charge in [0.25, 0.3) is 0 Å². The maximum absolute atomic E-state index is 12.1. The number of rotatable bonds is 8. The SMILES string of the molecule is NC(CC(=O)OCc1ccccc1)C(=O)NCCc1cccc2[nH]ccc12. The number of nitrogens with two attached hydrogens (primary N) is 1. The second-order valence-electron chi connectivity index (χ2n) is 6.35. The molecule has 0 bridgehead atoms. The maximum atomic E-state index is 12.1. The number of hydrogen-bond donors (Lipinski definition) is 3. The molecule has 0 fully saturated rings. The molecule has 4 N–H and O–H groups in total. The van der Waals surface area contributed by atoms with Crippen molar-refractivity contribution in [2.45, 2.75) is 25.5 Å². The fraction of sp³-hybridized carbons (Fsp3) is 0.238. The van der Waals surface area contributed by atoms with Gasteiger partial charge in [0.2, 0.25) is 5.91 Å². The van der Waals surface area contributed by atoms with Crippen LogP contribution >= 0.6 is 0 Å². The van der Waals surface area contributed by atoms with Crippen LogP contribution in [-0.2, 0) is 27.4 Å². The Morgan fingerprint density at radius 1 is 1.07 bits per heavy atom. The van der Waals surface area contributed by atoms with E-state index < -0.39 is 12.0 Å². The Bertz CT molecular complexity index is 905. The lowest BCUT2D eigenvalue weighted by atomic mass is 10.1. The van der Waals surface area contributed by atoms with Crippen molar-refractivity contribution in [1.82, 2.24) is 10.3 Å². The topological polar surface area (TPSA) is 97.2 Å². The fourth-order valence-electron chi connectivity index (χ4n) is 2.89. The van der Waals surface area contributed by atoms with Gasteiger partial charge >= 0.3 is 5.97 Å². The third-order valence-corrected chi connectivity index (χ3v) is 4.34. The molecule has 27 heavy (non-hydrogen) atoms. The third-order valence-electron chi connectivity index (χ3n) is 4.34. The maximum Gasteiger partial charge on any atom is 0.308 e. The minimum atomic E-state index is -0.920. The average Bonchev–Trinajstić information content (AvgIpc) is 3.17. The lowest BCUT2D eigenvalue weighted by Crippen LogP contribution is -2.42. The number of esters is 1. The molecule has 3 aromatic rings. The molecule has 3 rings (SSSR count). The van der Waals surface area contributed by atoms with Crippen LogP contribution in [0.25, 0.3) is 10.9 Å². The molecular weight excluding hydrogens is 342 g/mol. The van der Waals surface area contributed by atoms with Crippen LogP contribution in [0.2, 0.25) is 0 Å². The second-order valence-corrected chi connectivity index (χ2v) is 6.35. The fourth-order valence-corrected chi connectivity index (χ4v) is 2.89. The number of nitrogens with one attached hydrogen (secondary N) is 2. The van der Waals surface area contributed by atoms with Crippen LogP contribution in [0.3, 0.4) is 0 Å². The number of benzene rings is 2. The first-order valence-electron chi connectivity index (χ1n) is 8.91. The first-order valence-corrected chi connectivity index (χ1v) is 8.91. The summed E-state index contributed by atoms with van der Waals surface area (Å²) in [5, 5.41) is 3.92. The standard InChI is InChI=1S/C21H23N3O3/c22-18(13-20(25)27-14-15-5-2-1-3-6-15)21(26)24-11-9-16-7-4-8-19-17(16)10-12-23-19/h1-8,10,12,18,23H,9,11,13-14,22H2,(H,24,26). The molecule has 0 radical (unpaired) electrons. The second kappa shape index (κ2) is 9.00. The summed E-state index contributed by atoms with van der Waals surface area (Å²) in [7, 11) is 0. The Balaban J connectivity index is 1.41. The van der Waals surface area contributed by atoms with E-state index in [1.165, 1.54) is 0 Å². The highest BCUT2D eigenvalue weighted by Gasteiger charge is 2.18. The normalized spacial score (nSPS) is 11.9. The van der Waals surface area contributed by atoms with Gasteiger partial charge in [-0.3, -0.25) is 9.59 Å². The first kappa shape index (κ1) is 18.7. The van der Waals surface area contributed by atoms with Gasteiger partial charge in [-0.2, -0.15) is 0 Å². The van der Waals surface area contributed by atoms with Crippen LogP contribution in [0.1, 0.15) is 17.5 Å². The van der Waals surface area contributed by atoms with Gasteiger partial charge in [0.15, 0.2) is 0 Å². The average molecular weight is 365 g/mol. The van der Waals surface area contributed by atoms with E-state index in [1.807, 2.05) is 60.8 Å². The van der Waals surface area contributed by atoms with Crippen molar-refractivity contribution in [2.24, 2.45) is 5.73 Å². The summed E-state index contributed by atoms with van der Waals surface area (Å²) in [4.78, 5) is 27.1. The molecule has 0 aliphatic carbocycles. The molecule has 1 unspecified atom stereocenters. The number of carbonyl (C=O) groups excluding carboxylic acids is 2. The molecule has 1 atom stereocenters. The zero-order valence-electron chi connectivity index (χ0n) is 15.0. The highest BCUT2D eigenvalue weighted by atomic mass is 16.5. The summed E-state index contributed by atoms with van der Waals surface area (Å²) >= 11 is 0. The number of aromatic amines is 1. The molecule has 1 heterocycles. The summed E-state index contributed by atoms with van der Waals surface area (Å²) in [6, 6.07) is 16.5. The number of H-pyrrole nitrogens is 1. The van der Waals surface area contributed by atoms with Crippen molar-refractivity contribution < 1.29 is 14.3 Å². The van der Waals surface area contributed by atoms with Crippen LogP contribution in [0, 0.1) is 0 Å². The summed E-state index contributed by atoms with van der Waals surface area (Å²) in [6.07, 6.45) is 2.43. The van der Waals surface area contributed by atoms with Crippen LogP contribution in [0.4, 0.5) is 0 Å². The summed E-state index contributed by atoms with van der Waals surface area (Å²) < 4.78 is 5.16. The quantitative estimate of drug-likeness (QED) is 0.534. The number of fused-ring (bicyclic) bond motifs is 1. The monoisotopic (exact) mass is 365 g/mol. The smallest absolute Gasteiger partial charge is 0.308 e. The van der Waals surface area contributed by atoms with E-state index in [2.05, 4.69) is 10.3 Å². The van der Waals surface area contributed by atoms with E-state index in [0.717, 1.165) is 22.0 Å². The van der Waals surface area contributed by atoms with Crippen LogP contribution in [0.15, 0.2) is 60.8 Å². The van der Waals surface area contributed by atoms with E-state index in [9.17, 15) is 9.59 Å². The number of ether oxygens (including phenoxy) is 1. The highest BCUT2D eigenvalue weighted by Crippen LogP contribution is 2.17. The number of hydrogen-bond acceptors (Lipinski definition) is 4. The van der Waals surface area contributed by atoms with Gasteiger partial charge in [0.05, 0.1) is 12.5 Å². The molecule has 0 saturated carbocycles. The molecule has 0 aliphatic rings. The van der Waals surface area contributed by atoms with Crippen LogP contribution < -0.4 is 11.1 Å². The summed E-state index contributed by atoms with van der Waals surface area (Å²) in [5.74, 6) is -0.841. The molecule has 2 aromatic carbocycles. The molecule has 0 aliphatic heterocycles. The van der Waals surface area contributed by atoms with Gasteiger partial charge < -0.3 is 20.8 Å². The zero-order chi connectivity index (χ0) is 19.1. The van der Waals surface area contributed by atoms with Crippen molar-refractivity contribution in [1.29, 1.82) is 0 Å². The van der Waals surface area contributed by atoms with Crippen molar-refractivity contribution >= 4 is 22.8 Å². The van der Waals surface area contributed by atoms with E-state index in [4.69, 9.17) is 10.5 Å². The molecule has 140 valence electrons. The van der Waals surface area contributed by atoms with Gasteiger partial charge in [0.1, 0.15) is 6.61 Å². The molecule has 1 amide bonds. The lowest BCUT2D eigenvalue weighted by Gasteiger charge is -2.12. The predicted octanol–water partition coefficient (Wildman–Crippen LogP) is 2.29. The first-order chi connectivity index (χ1) is 13.1. The molecule has 0 saturated heterocycles. The Kier molecular flexibility index (Phi) is 6.22. The largest absolute Gasteiger partial charge is 0.461 e. The molecule has 0 spiro atoms. The van der Waals surface area contributed by atoms with E-state index in [0.29, 0.717) is 13.0 Å². The van der Waals surface area contributed by atoms with Gasteiger partial charge in [-0.1, -0.05) is 42.5 Å². The Hall–Kier alpha value is -3.12. The summed E-state index contributed by atoms with van der Waals surface area (Å²) in [6.45, 7) is 0.630. The van der Waals surface area contributed by atoms with Crippen LogP contribution in [-0.4, -0.2) is 29.4 Å². The zero-order valence-corrected chi connectivity index (χ0v) is 15.0. The Labute approximate surface area is 157 Å². The highest BCUT2D eigenvalue weighted by molar-refractivity contribution is 5.86. The molecule has 1 aromatic heterocycles. The Morgan fingerprint density at radius 2 is 1.89 bits per heavy atom. The lowest BCUT2D eigenvalue weighted by molar-refractivity contribution is -0.146. The molecule has 6 nitrogen and oxygen atoms in total. The van der Waals surface area contributed by atoms with E-state index in [-0.39, 0.29) is 18.9 Å². The van der Waals surface area contributed by atoms with E-state index >= 15 is 0 Å². The summed E-state index contributed by atoms with van der Waals surface area (Å²) in [5.41, 5.74) is 8.92. The molecule has 6 heteroatoms. The van der Waals surface area contributed by atoms with E-state index in [1.54, 1.807) is 0 Å². The Morgan fingerprint density at radius 3 is 2.70 bits per heavy atom. The van der Waals surface area contributed by atoms with Crippen molar-refractivity contribution in [3.8, 4) is 0 Å². The number of carbonyl (C=O) groups is 2. The van der Waals surface area contributed by atoms with Gasteiger partial charge in [-0.05, 0) is 29.7 Å².